The van der Waals surface area contributed by atoms with E-state index < -0.39 is 20.5 Å². The lowest BCUT2D eigenvalue weighted by molar-refractivity contribution is -0.161. The van der Waals surface area contributed by atoms with Gasteiger partial charge in [0.25, 0.3) is 5.91 Å². The van der Waals surface area contributed by atoms with E-state index in [0.29, 0.717) is 12.5 Å². The number of carbonyl (C=O) groups is 2. The molecule has 132 valence electrons. The van der Waals surface area contributed by atoms with Gasteiger partial charge in [0.1, 0.15) is 6.10 Å². The Balaban J connectivity index is 2.02. The van der Waals surface area contributed by atoms with Crippen molar-refractivity contribution in [3.8, 4) is 0 Å². The summed E-state index contributed by atoms with van der Waals surface area (Å²) >= 11 is 0. The summed E-state index contributed by atoms with van der Waals surface area (Å²) in [7, 11) is -1.85. The first-order valence-electron chi connectivity index (χ1n) is 9.21. The van der Waals surface area contributed by atoms with Gasteiger partial charge in [-0.3, -0.25) is 4.79 Å². The quantitative estimate of drug-likeness (QED) is 0.362. The minimum absolute atomic E-state index is 0.0897. The Labute approximate surface area is 140 Å². The maximum atomic E-state index is 12.5. The fraction of sp³-hybridized carbons (Fsp3) is 0.882. The van der Waals surface area contributed by atoms with Crippen LogP contribution in [0.3, 0.4) is 0 Å². The van der Waals surface area contributed by atoms with Gasteiger partial charge in [0, 0.05) is 0 Å². The number of carbonyl (C=O) groups excluding carboxylic acids is 2. The van der Waals surface area contributed by atoms with E-state index >= 15 is 0 Å². The highest BCUT2D eigenvalue weighted by Gasteiger charge is 2.59. The lowest BCUT2D eigenvalue weighted by atomic mass is 9.94. The highest BCUT2D eigenvalue weighted by Crippen LogP contribution is 2.44. The summed E-state index contributed by atoms with van der Waals surface area (Å²) in [5.41, 5.74) is 0. The third-order valence-corrected chi connectivity index (χ3v) is 10.0. The van der Waals surface area contributed by atoms with Crippen molar-refractivity contribution in [2.75, 3.05) is 6.61 Å². The standard InChI is InChI=1S/C17H31NO4Si/c1-5-9-12-21-17(20)18-14(13-10-11-13)15(16(18)19)22-23(6-2,7-3)8-4/h13-15H,5-12H2,1-4H3/t14-,15+/m0/s1. The average Bonchev–Trinajstić information content (AvgIpc) is 3.38. The van der Waals surface area contributed by atoms with E-state index in [9.17, 15) is 9.59 Å². The van der Waals surface area contributed by atoms with Crippen LogP contribution in [0.1, 0.15) is 53.4 Å². The molecule has 1 aliphatic carbocycles. The van der Waals surface area contributed by atoms with Gasteiger partial charge < -0.3 is 9.16 Å². The van der Waals surface area contributed by atoms with Crippen LogP contribution in [0.15, 0.2) is 0 Å². The SMILES string of the molecule is CCCCOC(=O)N1C(=O)[C@H](O[Si](CC)(CC)CC)[C@@H]1C1CC1. The first-order valence-corrected chi connectivity index (χ1v) is 11.7. The second-order valence-electron chi connectivity index (χ2n) is 6.79. The zero-order chi connectivity index (χ0) is 17.0. The van der Waals surface area contributed by atoms with E-state index in [0.717, 1.165) is 43.8 Å². The summed E-state index contributed by atoms with van der Waals surface area (Å²) in [6, 6.07) is 2.96. The molecule has 2 atom stereocenters. The summed E-state index contributed by atoms with van der Waals surface area (Å²) in [6.45, 7) is 8.91. The van der Waals surface area contributed by atoms with Gasteiger partial charge in [-0.25, -0.2) is 9.69 Å². The lowest BCUT2D eigenvalue weighted by Crippen LogP contribution is -2.70. The van der Waals surface area contributed by atoms with E-state index in [4.69, 9.17) is 9.16 Å². The number of amides is 2. The van der Waals surface area contributed by atoms with Gasteiger partial charge in [-0.1, -0.05) is 34.1 Å². The number of nitrogens with zero attached hydrogens (tertiary/aromatic N) is 1. The molecule has 0 spiro atoms. The van der Waals surface area contributed by atoms with Crippen molar-refractivity contribution in [3.05, 3.63) is 0 Å². The van der Waals surface area contributed by atoms with Crippen molar-refractivity contribution in [3.63, 3.8) is 0 Å². The molecule has 0 aromatic rings. The molecule has 0 bridgehead atoms. The van der Waals surface area contributed by atoms with Gasteiger partial charge in [-0.15, -0.1) is 0 Å². The topological polar surface area (TPSA) is 55.8 Å². The minimum atomic E-state index is -1.85. The molecule has 0 aromatic carbocycles. The van der Waals surface area contributed by atoms with Crippen LogP contribution >= 0.6 is 0 Å². The summed E-state index contributed by atoms with van der Waals surface area (Å²) < 4.78 is 11.6. The van der Waals surface area contributed by atoms with Crippen molar-refractivity contribution < 1.29 is 18.8 Å². The van der Waals surface area contributed by atoms with Gasteiger partial charge in [-0.2, -0.15) is 0 Å². The molecule has 2 fully saturated rings. The second kappa shape index (κ2) is 7.79. The zero-order valence-electron chi connectivity index (χ0n) is 15.0. The molecule has 1 saturated carbocycles. The van der Waals surface area contributed by atoms with Gasteiger partial charge in [0.05, 0.1) is 12.6 Å². The molecule has 1 aliphatic heterocycles. The normalized spacial score (nSPS) is 24.5. The number of β-lactam (4-membered cyclic amide) rings is 1. The van der Waals surface area contributed by atoms with Gasteiger partial charge in [0.2, 0.25) is 0 Å². The van der Waals surface area contributed by atoms with E-state index in [1.807, 2.05) is 6.92 Å². The molecular formula is C17H31NO4Si. The maximum Gasteiger partial charge on any atom is 0.416 e. The number of rotatable bonds is 9. The Morgan fingerprint density at radius 3 is 2.26 bits per heavy atom. The van der Waals surface area contributed by atoms with Crippen LogP contribution in [0.4, 0.5) is 4.79 Å². The number of imide groups is 1. The molecule has 2 rings (SSSR count). The molecule has 0 radical (unpaired) electrons. The average molecular weight is 342 g/mol. The Morgan fingerprint density at radius 2 is 1.78 bits per heavy atom. The third kappa shape index (κ3) is 3.79. The van der Waals surface area contributed by atoms with Crippen LogP contribution < -0.4 is 0 Å². The van der Waals surface area contributed by atoms with Crippen LogP contribution in [0.2, 0.25) is 18.1 Å². The lowest BCUT2D eigenvalue weighted by Gasteiger charge is -2.48. The van der Waals surface area contributed by atoms with Crippen LogP contribution in [0, 0.1) is 5.92 Å². The van der Waals surface area contributed by atoms with Crippen molar-refractivity contribution >= 4 is 20.3 Å². The summed E-state index contributed by atoms with van der Waals surface area (Å²) in [5.74, 6) is 0.226. The minimum Gasteiger partial charge on any atom is -0.449 e. The van der Waals surface area contributed by atoms with E-state index in [-0.39, 0.29) is 11.9 Å². The predicted molar refractivity (Wildman–Crippen MR) is 91.7 cm³/mol. The number of hydrogen-bond acceptors (Lipinski definition) is 4. The van der Waals surface area contributed by atoms with E-state index in [1.165, 1.54) is 4.90 Å². The Kier molecular flexibility index (Phi) is 6.25. The third-order valence-electron chi connectivity index (χ3n) is 5.42. The molecule has 6 heteroatoms. The van der Waals surface area contributed by atoms with Crippen molar-refractivity contribution in [2.24, 2.45) is 5.92 Å². The Bertz CT molecular complexity index is 426. The van der Waals surface area contributed by atoms with E-state index in [1.54, 1.807) is 0 Å². The number of unbranched alkanes of at least 4 members (excludes halogenated alkanes) is 1. The van der Waals surface area contributed by atoms with Crippen LogP contribution in [0.25, 0.3) is 0 Å². The first-order chi connectivity index (χ1) is 11.0. The highest BCUT2D eigenvalue weighted by atomic mass is 28.4. The highest BCUT2D eigenvalue weighted by molar-refractivity contribution is 6.73. The van der Waals surface area contributed by atoms with Gasteiger partial charge in [-0.05, 0) is 43.3 Å². The summed E-state index contributed by atoms with van der Waals surface area (Å²) in [4.78, 5) is 26.1. The van der Waals surface area contributed by atoms with Crippen LogP contribution in [0.5, 0.6) is 0 Å². The molecule has 5 nitrogen and oxygen atoms in total. The van der Waals surface area contributed by atoms with Crippen LogP contribution in [-0.4, -0.2) is 44.0 Å². The van der Waals surface area contributed by atoms with Crippen molar-refractivity contribution in [2.45, 2.75) is 83.7 Å². The molecule has 1 heterocycles. The predicted octanol–water partition coefficient (Wildman–Crippen LogP) is 3.93. The number of hydrogen-bond donors (Lipinski definition) is 0. The molecule has 0 unspecified atom stereocenters. The second-order valence-corrected chi connectivity index (χ2v) is 11.5. The number of ether oxygens (including phenoxy) is 1. The Hall–Kier alpha value is -0.883. The van der Waals surface area contributed by atoms with Crippen LogP contribution in [-0.2, 0) is 14.0 Å². The van der Waals surface area contributed by atoms with Crippen molar-refractivity contribution in [1.29, 1.82) is 0 Å². The Morgan fingerprint density at radius 1 is 1.17 bits per heavy atom. The van der Waals surface area contributed by atoms with Crippen molar-refractivity contribution in [1.82, 2.24) is 4.90 Å². The number of likely N-dealkylation sites (tertiary alicyclic amines) is 1. The fourth-order valence-corrected chi connectivity index (χ4v) is 6.13. The monoisotopic (exact) mass is 341 g/mol. The summed E-state index contributed by atoms with van der Waals surface area (Å²) in [5, 5.41) is 0. The fourth-order valence-electron chi connectivity index (χ4n) is 3.35. The largest absolute Gasteiger partial charge is 0.449 e. The van der Waals surface area contributed by atoms with Gasteiger partial charge in [0.15, 0.2) is 8.32 Å². The molecule has 2 aliphatic rings. The van der Waals surface area contributed by atoms with E-state index in [2.05, 4.69) is 20.8 Å². The van der Waals surface area contributed by atoms with Gasteiger partial charge >= 0.3 is 6.09 Å². The molecular weight excluding hydrogens is 310 g/mol. The first kappa shape index (κ1) is 18.5. The molecule has 2 amide bonds. The molecule has 23 heavy (non-hydrogen) atoms. The zero-order valence-corrected chi connectivity index (χ0v) is 16.0. The summed E-state index contributed by atoms with van der Waals surface area (Å²) in [6.07, 6.45) is 3.07. The molecule has 1 saturated heterocycles. The maximum absolute atomic E-state index is 12.5. The molecule has 0 aromatic heterocycles. The molecule has 0 N–H and O–H groups in total. The smallest absolute Gasteiger partial charge is 0.416 e.